The van der Waals surface area contributed by atoms with Crippen LogP contribution in [0.2, 0.25) is 0 Å². The number of aliphatic hydroxyl groups excluding tert-OH is 1. The molecule has 0 amide bonds. The smallest absolute Gasteiger partial charge is 0.123 e. The van der Waals surface area contributed by atoms with E-state index in [-0.39, 0.29) is 6.61 Å². The van der Waals surface area contributed by atoms with Crippen molar-refractivity contribution in [3.63, 3.8) is 0 Å². The molecule has 0 aliphatic heterocycles. The summed E-state index contributed by atoms with van der Waals surface area (Å²) in [5.74, 6) is 2.21. The fourth-order valence-electron chi connectivity index (χ4n) is 2.93. The van der Waals surface area contributed by atoms with Crippen molar-refractivity contribution in [2.24, 2.45) is 0 Å². The van der Waals surface area contributed by atoms with Gasteiger partial charge in [-0.25, -0.2) is 0 Å². The molecule has 0 fully saturated rings. The number of hydrogen-bond donors (Lipinski definition) is 1. The second-order valence-corrected chi connectivity index (χ2v) is 6.81. The van der Waals surface area contributed by atoms with Crippen molar-refractivity contribution in [3.8, 4) is 17.2 Å². The molecule has 2 rings (SSSR count). The zero-order chi connectivity index (χ0) is 21.8. The molecular formula is C25H31NO4. The lowest BCUT2D eigenvalue weighted by atomic mass is 10.1. The molecule has 1 N–H and O–H groups in total. The summed E-state index contributed by atoms with van der Waals surface area (Å²) in [4.78, 5) is 2.05. The molecule has 160 valence electrons. The molecule has 1 unspecified atom stereocenters. The molecule has 30 heavy (non-hydrogen) atoms. The predicted molar refractivity (Wildman–Crippen MR) is 123 cm³/mol. The molecule has 0 spiro atoms. The first-order valence-electron chi connectivity index (χ1n) is 9.84. The van der Waals surface area contributed by atoms with Crippen LogP contribution in [0.15, 0.2) is 67.8 Å². The van der Waals surface area contributed by atoms with E-state index in [9.17, 15) is 5.11 Å². The fourth-order valence-corrected chi connectivity index (χ4v) is 2.93. The van der Waals surface area contributed by atoms with Gasteiger partial charge in [-0.3, -0.25) is 4.90 Å². The fraction of sp³-hybridized carbons (Fsp3) is 0.280. The van der Waals surface area contributed by atoms with E-state index in [2.05, 4.69) is 18.1 Å². The van der Waals surface area contributed by atoms with Crippen LogP contribution in [0.1, 0.15) is 11.1 Å². The third-order valence-electron chi connectivity index (χ3n) is 4.41. The number of benzene rings is 2. The number of methoxy groups -OCH3 is 2. The van der Waals surface area contributed by atoms with E-state index in [1.54, 1.807) is 14.2 Å². The number of rotatable bonds is 13. The Kier molecular flexibility index (Phi) is 9.71. The van der Waals surface area contributed by atoms with Gasteiger partial charge in [-0.05, 0) is 35.4 Å². The van der Waals surface area contributed by atoms with Gasteiger partial charge >= 0.3 is 0 Å². The largest absolute Gasteiger partial charge is 0.497 e. The maximum atomic E-state index is 10.2. The lowest BCUT2D eigenvalue weighted by Gasteiger charge is -2.22. The zero-order valence-electron chi connectivity index (χ0n) is 17.8. The van der Waals surface area contributed by atoms with Crippen molar-refractivity contribution in [3.05, 3.63) is 78.9 Å². The molecule has 0 heterocycles. The first-order chi connectivity index (χ1) is 14.6. The average molecular weight is 410 g/mol. The van der Waals surface area contributed by atoms with Gasteiger partial charge in [-0.1, -0.05) is 36.4 Å². The van der Waals surface area contributed by atoms with Gasteiger partial charge in [0.05, 0.1) is 14.2 Å². The van der Waals surface area contributed by atoms with Gasteiger partial charge < -0.3 is 19.3 Å². The zero-order valence-corrected chi connectivity index (χ0v) is 17.8. The summed E-state index contributed by atoms with van der Waals surface area (Å²) < 4.78 is 16.3. The van der Waals surface area contributed by atoms with Crippen LogP contribution in [-0.4, -0.2) is 56.6 Å². The van der Waals surface area contributed by atoms with Gasteiger partial charge in [-0.2, -0.15) is 0 Å². The van der Waals surface area contributed by atoms with E-state index in [1.807, 2.05) is 66.8 Å². The van der Waals surface area contributed by atoms with Gasteiger partial charge in [-0.15, -0.1) is 13.2 Å². The highest BCUT2D eigenvalue weighted by atomic mass is 16.5. The second-order valence-electron chi connectivity index (χ2n) is 6.81. The molecule has 5 nitrogen and oxygen atoms in total. The van der Waals surface area contributed by atoms with Crippen molar-refractivity contribution in [2.45, 2.75) is 6.10 Å². The van der Waals surface area contributed by atoms with Crippen molar-refractivity contribution < 1.29 is 19.3 Å². The third kappa shape index (κ3) is 7.78. The molecule has 1 atom stereocenters. The third-order valence-corrected chi connectivity index (χ3v) is 4.41. The Hall–Kier alpha value is -3.02. The summed E-state index contributed by atoms with van der Waals surface area (Å²) in [6, 6.07) is 13.5. The molecule has 0 aliphatic carbocycles. The van der Waals surface area contributed by atoms with E-state index in [1.165, 1.54) is 0 Å². The van der Waals surface area contributed by atoms with Crippen molar-refractivity contribution in [1.82, 2.24) is 4.90 Å². The predicted octanol–water partition coefficient (Wildman–Crippen LogP) is 4.29. The summed E-state index contributed by atoms with van der Waals surface area (Å²) in [6.07, 6.45) is 7.04. The normalized spacial score (nSPS) is 12.0. The molecule has 0 aromatic heterocycles. The number of aliphatic hydroxyl groups is 1. The summed E-state index contributed by atoms with van der Waals surface area (Å²) in [7, 11) is 3.27. The Labute approximate surface area is 179 Å². The van der Waals surface area contributed by atoms with Crippen LogP contribution in [0.5, 0.6) is 17.2 Å². The lowest BCUT2D eigenvalue weighted by Crippen LogP contribution is -2.35. The number of ether oxygens (including phenoxy) is 3. The van der Waals surface area contributed by atoms with Crippen molar-refractivity contribution in [1.29, 1.82) is 0 Å². The van der Waals surface area contributed by atoms with E-state index >= 15 is 0 Å². The monoisotopic (exact) mass is 409 g/mol. The second kappa shape index (κ2) is 12.5. The van der Waals surface area contributed by atoms with Crippen LogP contribution >= 0.6 is 0 Å². The molecule has 5 heteroatoms. The Balaban J connectivity index is 1.91. The molecule has 0 radical (unpaired) electrons. The summed E-state index contributed by atoms with van der Waals surface area (Å²) >= 11 is 0. The van der Waals surface area contributed by atoms with Crippen LogP contribution < -0.4 is 14.2 Å². The summed E-state index contributed by atoms with van der Waals surface area (Å²) in [5, 5.41) is 10.2. The van der Waals surface area contributed by atoms with Gasteiger partial charge in [0.1, 0.15) is 30.0 Å². The molecule has 2 aromatic carbocycles. The SMILES string of the molecule is C=CCN(CC=C)CC(O)COc1ccc(/C=C/c2cc(OC)cc(OC)c2)cc1. The minimum atomic E-state index is -0.590. The van der Waals surface area contributed by atoms with Gasteiger partial charge in [0, 0.05) is 25.7 Å². The molecule has 0 saturated carbocycles. The first kappa shape index (κ1) is 23.3. The minimum absolute atomic E-state index is 0.226. The standard InChI is InChI=1S/C25H31NO4/c1-5-13-26(14-6-2)18-22(27)19-30-23-11-9-20(10-12-23)7-8-21-15-24(28-3)17-25(16-21)29-4/h5-12,15-17,22,27H,1-2,13-14,18-19H2,3-4H3/b8-7+. The lowest BCUT2D eigenvalue weighted by molar-refractivity contribution is 0.0755. The Morgan fingerprint density at radius 2 is 1.43 bits per heavy atom. The number of nitrogens with zero attached hydrogens (tertiary/aromatic N) is 1. The molecule has 2 aromatic rings. The summed E-state index contributed by atoms with van der Waals surface area (Å²) in [5.41, 5.74) is 2.02. The van der Waals surface area contributed by atoms with Crippen molar-refractivity contribution in [2.75, 3.05) is 40.5 Å². The van der Waals surface area contributed by atoms with E-state index < -0.39 is 6.10 Å². The number of hydrogen-bond acceptors (Lipinski definition) is 5. The highest BCUT2D eigenvalue weighted by Gasteiger charge is 2.10. The Bertz CT molecular complexity index is 797. The van der Waals surface area contributed by atoms with Gasteiger partial charge in [0.15, 0.2) is 0 Å². The van der Waals surface area contributed by atoms with Gasteiger partial charge in [0.25, 0.3) is 0 Å². The van der Waals surface area contributed by atoms with Crippen molar-refractivity contribution >= 4 is 12.2 Å². The Morgan fingerprint density at radius 1 is 0.867 bits per heavy atom. The van der Waals surface area contributed by atoms with E-state index in [0.29, 0.717) is 25.4 Å². The minimum Gasteiger partial charge on any atom is -0.497 e. The Morgan fingerprint density at radius 3 is 1.97 bits per heavy atom. The van der Waals surface area contributed by atoms with E-state index in [0.717, 1.165) is 22.6 Å². The first-order valence-corrected chi connectivity index (χ1v) is 9.84. The van der Waals surface area contributed by atoms with Crippen LogP contribution in [0, 0.1) is 0 Å². The van der Waals surface area contributed by atoms with Crippen LogP contribution in [0.4, 0.5) is 0 Å². The van der Waals surface area contributed by atoms with Crippen LogP contribution in [0.25, 0.3) is 12.2 Å². The van der Waals surface area contributed by atoms with Crippen LogP contribution in [-0.2, 0) is 0 Å². The van der Waals surface area contributed by atoms with E-state index in [4.69, 9.17) is 14.2 Å². The summed E-state index contributed by atoms with van der Waals surface area (Å²) in [6.45, 7) is 9.60. The molecule has 0 bridgehead atoms. The highest BCUT2D eigenvalue weighted by Crippen LogP contribution is 2.24. The molecule has 0 saturated heterocycles. The maximum absolute atomic E-state index is 10.2. The van der Waals surface area contributed by atoms with Gasteiger partial charge in [0.2, 0.25) is 0 Å². The molecular weight excluding hydrogens is 378 g/mol. The van der Waals surface area contributed by atoms with Crippen LogP contribution in [0.3, 0.4) is 0 Å². The molecule has 0 aliphatic rings. The maximum Gasteiger partial charge on any atom is 0.123 e. The average Bonchev–Trinajstić information content (AvgIpc) is 2.77. The highest BCUT2D eigenvalue weighted by molar-refractivity contribution is 5.71. The quantitative estimate of drug-likeness (QED) is 0.395. The topological polar surface area (TPSA) is 51.2 Å².